The molecule has 0 unspecified atom stereocenters. The predicted octanol–water partition coefficient (Wildman–Crippen LogP) is -0.950. The van der Waals surface area contributed by atoms with Crippen molar-refractivity contribution in [2.75, 3.05) is 0 Å². The fourth-order valence-corrected chi connectivity index (χ4v) is 0.832. The molecule has 1 rings (SSSR count). The van der Waals surface area contributed by atoms with Crippen LogP contribution in [0.25, 0.3) is 0 Å². The molecule has 0 amide bonds. The Kier molecular flexibility index (Phi) is 1.86. The average molecular weight is 142 g/mol. The molecule has 5 nitrogen and oxygen atoms in total. The molecule has 0 radical (unpaired) electrons. The third kappa shape index (κ3) is 0.950. The second-order valence-electron chi connectivity index (χ2n) is 1.89. The first-order valence-corrected chi connectivity index (χ1v) is 3.13. The lowest BCUT2D eigenvalue weighted by Crippen LogP contribution is -2.18. The van der Waals surface area contributed by atoms with Crippen molar-refractivity contribution in [3.05, 3.63) is 16.3 Å². The van der Waals surface area contributed by atoms with Gasteiger partial charge in [0.1, 0.15) is 5.82 Å². The number of nitrogens with zero attached hydrogens (tertiary/aromatic N) is 2. The van der Waals surface area contributed by atoms with Gasteiger partial charge in [0.15, 0.2) is 0 Å². The maximum Gasteiger partial charge on any atom is 0.343 e. The fourth-order valence-electron chi connectivity index (χ4n) is 0.832. The Labute approximate surface area is 57.9 Å². The van der Waals surface area contributed by atoms with Gasteiger partial charge in [0.05, 0.1) is 6.54 Å². The SMILES string of the molecule is CCn1c(CN)n[nH]c1=O. The molecular formula is C5H10N4O. The van der Waals surface area contributed by atoms with Gasteiger partial charge in [-0.2, -0.15) is 5.10 Å². The molecule has 3 N–H and O–H groups in total. The molecule has 0 atom stereocenters. The Bertz CT molecular complexity index is 261. The number of rotatable bonds is 2. The van der Waals surface area contributed by atoms with Crippen molar-refractivity contribution >= 4 is 0 Å². The fraction of sp³-hybridized carbons (Fsp3) is 0.600. The number of nitrogens with two attached hydrogens (primary N) is 1. The quantitative estimate of drug-likeness (QED) is 0.559. The zero-order chi connectivity index (χ0) is 7.56. The van der Waals surface area contributed by atoms with Crippen molar-refractivity contribution in [1.82, 2.24) is 14.8 Å². The number of hydrogen-bond donors (Lipinski definition) is 2. The highest BCUT2D eigenvalue weighted by molar-refractivity contribution is 4.83. The van der Waals surface area contributed by atoms with Crippen LogP contribution in [0, 0.1) is 0 Å². The van der Waals surface area contributed by atoms with Crippen LogP contribution in [0.3, 0.4) is 0 Å². The van der Waals surface area contributed by atoms with Crippen LogP contribution in [0.5, 0.6) is 0 Å². The maximum atomic E-state index is 10.8. The highest BCUT2D eigenvalue weighted by atomic mass is 16.1. The summed E-state index contributed by atoms with van der Waals surface area (Å²) in [7, 11) is 0. The van der Waals surface area contributed by atoms with Crippen molar-refractivity contribution in [3.63, 3.8) is 0 Å². The third-order valence-electron chi connectivity index (χ3n) is 1.34. The van der Waals surface area contributed by atoms with Crippen LogP contribution < -0.4 is 11.4 Å². The number of aromatic nitrogens is 3. The van der Waals surface area contributed by atoms with Gasteiger partial charge in [-0.05, 0) is 6.92 Å². The molecular weight excluding hydrogens is 132 g/mol. The minimum absolute atomic E-state index is 0.192. The van der Waals surface area contributed by atoms with Crippen LogP contribution in [0.4, 0.5) is 0 Å². The van der Waals surface area contributed by atoms with E-state index in [-0.39, 0.29) is 5.69 Å². The zero-order valence-electron chi connectivity index (χ0n) is 5.79. The molecule has 0 saturated heterocycles. The van der Waals surface area contributed by atoms with E-state index in [1.807, 2.05) is 6.92 Å². The van der Waals surface area contributed by atoms with Crippen LogP contribution >= 0.6 is 0 Å². The molecule has 1 heterocycles. The third-order valence-corrected chi connectivity index (χ3v) is 1.34. The first-order valence-electron chi connectivity index (χ1n) is 3.13. The summed E-state index contributed by atoms with van der Waals surface area (Å²) < 4.78 is 1.50. The van der Waals surface area contributed by atoms with E-state index in [4.69, 9.17) is 5.73 Å². The highest BCUT2D eigenvalue weighted by Gasteiger charge is 2.01. The van der Waals surface area contributed by atoms with Gasteiger partial charge in [-0.1, -0.05) is 0 Å². The Morgan fingerprint density at radius 3 is 2.90 bits per heavy atom. The standard InChI is InChI=1S/C5H10N4O/c1-2-9-4(3-6)7-8-5(9)10/h2-3,6H2,1H3,(H,8,10). The molecule has 0 fully saturated rings. The largest absolute Gasteiger partial charge is 0.343 e. The van der Waals surface area contributed by atoms with Gasteiger partial charge in [0, 0.05) is 6.54 Å². The first-order chi connectivity index (χ1) is 4.79. The van der Waals surface area contributed by atoms with E-state index >= 15 is 0 Å². The van der Waals surface area contributed by atoms with Gasteiger partial charge in [0.2, 0.25) is 0 Å². The molecule has 0 aliphatic carbocycles. The van der Waals surface area contributed by atoms with E-state index < -0.39 is 0 Å². The van der Waals surface area contributed by atoms with Crippen molar-refractivity contribution in [1.29, 1.82) is 0 Å². The molecule has 56 valence electrons. The summed E-state index contributed by atoms with van der Waals surface area (Å²) >= 11 is 0. The van der Waals surface area contributed by atoms with Gasteiger partial charge < -0.3 is 5.73 Å². The molecule has 0 aliphatic heterocycles. The molecule has 0 spiro atoms. The number of H-pyrrole nitrogens is 1. The zero-order valence-corrected chi connectivity index (χ0v) is 5.79. The summed E-state index contributed by atoms with van der Waals surface area (Å²) in [6, 6.07) is 0. The van der Waals surface area contributed by atoms with Crippen molar-refractivity contribution in [3.8, 4) is 0 Å². The van der Waals surface area contributed by atoms with Crippen LogP contribution in [0.15, 0.2) is 4.79 Å². The first kappa shape index (κ1) is 7.01. The van der Waals surface area contributed by atoms with Crippen molar-refractivity contribution < 1.29 is 0 Å². The van der Waals surface area contributed by atoms with Crippen LogP contribution in [-0.4, -0.2) is 14.8 Å². The Morgan fingerprint density at radius 2 is 2.50 bits per heavy atom. The van der Waals surface area contributed by atoms with Crippen molar-refractivity contribution in [2.24, 2.45) is 5.73 Å². The summed E-state index contributed by atoms with van der Waals surface area (Å²) in [5, 5.41) is 6.02. The van der Waals surface area contributed by atoms with Crippen LogP contribution in [0.2, 0.25) is 0 Å². The number of aromatic amines is 1. The molecule has 10 heavy (non-hydrogen) atoms. The average Bonchev–Trinajstić information content (AvgIpc) is 2.30. The lowest BCUT2D eigenvalue weighted by Gasteiger charge is -1.95. The predicted molar refractivity (Wildman–Crippen MR) is 36.4 cm³/mol. The second kappa shape index (κ2) is 2.66. The summed E-state index contributed by atoms with van der Waals surface area (Å²) in [6.45, 7) is 2.78. The molecule has 1 aromatic rings. The Hall–Kier alpha value is -1.10. The second-order valence-corrected chi connectivity index (χ2v) is 1.89. The van der Waals surface area contributed by atoms with E-state index in [0.29, 0.717) is 18.9 Å². The number of hydrogen-bond acceptors (Lipinski definition) is 3. The lowest BCUT2D eigenvalue weighted by atomic mass is 10.6. The van der Waals surface area contributed by atoms with E-state index in [2.05, 4.69) is 10.2 Å². The van der Waals surface area contributed by atoms with Gasteiger partial charge in [-0.15, -0.1) is 0 Å². The van der Waals surface area contributed by atoms with Gasteiger partial charge in [-0.3, -0.25) is 4.57 Å². The molecule has 0 bridgehead atoms. The Morgan fingerprint density at radius 1 is 1.80 bits per heavy atom. The van der Waals surface area contributed by atoms with Gasteiger partial charge in [-0.25, -0.2) is 9.89 Å². The summed E-state index contributed by atoms with van der Waals surface area (Å²) in [5.41, 5.74) is 5.11. The van der Waals surface area contributed by atoms with E-state index in [0.717, 1.165) is 0 Å². The summed E-state index contributed by atoms with van der Waals surface area (Å²) in [5.74, 6) is 0.604. The van der Waals surface area contributed by atoms with Crippen LogP contribution in [-0.2, 0) is 13.1 Å². The minimum atomic E-state index is -0.192. The maximum absolute atomic E-state index is 10.8. The lowest BCUT2D eigenvalue weighted by molar-refractivity contribution is 0.678. The molecule has 1 aromatic heterocycles. The van der Waals surface area contributed by atoms with Gasteiger partial charge in [0.25, 0.3) is 0 Å². The van der Waals surface area contributed by atoms with Gasteiger partial charge >= 0.3 is 5.69 Å². The molecule has 0 saturated carbocycles. The van der Waals surface area contributed by atoms with E-state index in [1.165, 1.54) is 4.57 Å². The van der Waals surface area contributed by atoms with Crippen LogP contribution in [0.1, 0.15) is 12.7 Å². The van der Waals surface area contributed by atoms with Crippen molar-refractivity contribution in [2.45, 2.75) is 20.0 Å². The topological polar surface area (TPSA) is 76.7 Å². The Balaban J connectivity index is 3.13. The monoisotopic (exact) mass is 142 g/mol. The molecule has 5 heteroatoms. The molecule has 0 aromatic carbocycles. The minimum Gasteiger partial charge on any atom is -0.324 e. The van der Waals surface area contributed by atoms with E-state index in [1.54, 1.807) is 0 Å². The highest BCUT2D eigenvalue weighted by Crippen LogP contribution is 1.85. The summed E-state index contributed by atoms with van der Waals surface area (Å²) in [6.07, 6.45) is 0. The number of nitrogens with one attached hydrogen (secondary N) is 1. The smallest absolute Gasteiger partial charge is 0.324 e. The normalized spacial score (nSPS) is 10.2. The molecule has 0 aliphatic rings. The van der Waals surface area contributed by atoms with E-state index in [9.17, 15) is 4.79 Å². The summed E-state index contributed by atoms with van der Waals surface area (Å²) in [4.78, 5) is 10.8.